The van der Waals surface area contributed by atoms with Gasteiger partial charge in [0.05, 0.1) is 12.3 Å². The van der Waals surface area contributed by atoms with Crippen molar-refractivity contribution in [3.63, 3.8) is 0 Å². The number of aliphatic hydroxyl groups is 1. The molecule has 0 heterocycles. The molecule has 0 saturated heterocycles. The normalized spacial score (nSPS) is 12.3. The molecule has 0 aliphatic heterocycles. The van der Waals surface area contributed by atoms with E-state index in [2.05, 4.69) is 0 Å². The lowest BCUT2D eigenvalue weighted by atomic mass is 10.1. The zero-order valence-electron chi connectivity index (χ0n) is 14.1. The van der Waals surface area contributed by atoms with Gasteiger partial charge in [0.15, 0.2) is 11.6 Å². The highest BCUT2D eigenvalue weighted by Gasteiger charge is 2.25. The number of ether oxygens (including phenoxy) is 1. The van der Waals surface area contributed by atoms with E-state index in [1.807, 2.05) is 6.92 Å². The summed E-state index contributed by atoms with van der Waals surface area (Å²) in [6, 6.07) is 2.63. The Labute approximate surface area is 135 Å². The van der Waals surface area contributed by atoms with Crippen molar-refractivity contribution in [2.45, 2.75) is 46.3 Å². The number of allylic oxidation sites excluding steroid dienone is 1. The van der Waals surface area contributed by atoms with E-state index >= 15 is 0 Å². The number of rotatable bonds is 4. The first-order chi connectivity index (χ1) is 10.6. The smallest absolute Gasteiger partial charge is 0.414 e. The molecule has 0 fully saturated rings. The molecule has 128 valence electrons. The number of carbonyl (C=O) groups excluding carboxylic acids is 1. The second-order valence-electron chi connectivity index (χ2n) is 6.10. The zero-order chi connectivity index (χ0) is 17.8. The number of carbonyl (C=O) groups is 1. The Morgan fingerprint density at radius 1 is 1.30 bits per heavy atom. The number of aliphatic hydroxyl groups excluding tert-OH is 1. The molecule has 0 aliphatic rings. The largest absolute Gasteiger partial charge is 0.443 e. The first kappa shape index (κ1) is 19.1. The van der Waals surface area contributed by atoms with Crippen molar-refractivity contribution in [1.29, 1.82) is 0 Å². The molecule has 23 heavy (non-hydrogen) atoms. The molecule has 1 N–H and O–H groups in total. The van der Waals surface area contributed by atoms with Gasteiger partial charge in [0.25, 0.3) is 0 Å². The van der Waals surface area contributed by atoms with Crippen molar-refractivity contribution in [3.05, 3.63) is 41.0 Å². The lowest BCUT2D eigenvalue weighted by Crippen LogP contribution is -2.33. The van der Waals surface area contributed by atoms with Crippen molar-refractivity contribution in [2.75, 3.05) is 7.05 Å². The van der Waals surface area contributed by atoms with Gasteiger partial charge in [-0.1, -0.05) is 19.1 Å². The van der Waals surface area contributed by atoms with Gasteiger partial charge in [0, 0.05) is 18.2 Å². The summed E-state index contributed by atoms with van der Waals surface area (Å²) in [6.07, 6.45) is 1.47. The predicted molar refractivity (Wildman–Crippen MR) is 84.5 cm³/mol. The number of nitrogens with zero attached hydrogens (tertiary/aromatic N) is 1. The van der Waals surface area contributed by atoms with Crippen molar-refractivity contribution >= 4 is 11.8 Å². The Bertz CT molecular complexity index is 607. The van der Waals surface area contributed by atoms with Crippen LogP contribution in [0.1, 0.15) is 45.2 Å². The molecule has 0 atom stereocenters. The summed E-state index contributed by atoms with van der Waals surface area (Å²) >= 11 is 0. The molecule has 0 spiro atoms. The monoisotopic (exact) mass is 327 g/mol. The van der Waals surface area contributed by atoms with E-state index in [1.165, 1.54) is 19.2 Å². The Kier molecular flexibility index (Phi) is 6.27. The maximum Gasteiger partial charge on any atom is 0.414 e. The van der Waals surface area contributed by atoms with E-state index < -0.39 is 29.9 Å². The molecule has 0 aromatic heterocycles. The van der Waals surface area contributed by atoms with E-state index in [4.69, 9.17) is 9.84 Å². The lowest BCUT2D eigenvalue weighted by molar-refractivity contribution is 0.0387. The van der Waals surface area contributed by atoms with Crippen LogP contribution in [0.25, 0.3) is 5.70 Å². The molecule has 0 unspecified atom stereocenters. The summed E-state index contributed by atoms with van der Waals surface area (Å²) < 4.78 is 33.4. The first-order valence-corrected chi connectivity index (χ1v) is 7.37. The molecule has 6 heteroatoms. The van der Waals surface area contributed by atoms with Crippen molar-refractivity contribution < 1.29 is 23.4 Å². The molecule has 0 aliphatic carbocycles. The maximum atomic E-state index is 14.3. The summed E-state index contributed by atoms with van der Waals surface area (Å²) in [5.74, 6) is -2.23. The summed E-state index contributed by atoms with van der Waals surface area (Å²) in [5, 5.41) is 8.99. The number of benzene rings is 1. The summed E-state index contributed by atoms with van der Waals surface area (Å²) in [7, 11) is 1.44. The van der Waals surface area contributed by atoms with Crippen LogP contribution in [-0.4, -0.2) is 28.7 Å². The van der Waals surface area contributed by atoms with Gasteiger partial charge in [0.2, 0.25) is 0 Å². The average Bonchev–Trinajstić information content (AvgIpc) is 2.45. The standard InChI is InChI=1S/C17H23F2NO3/c1-6-7-13(20(5)16(22)23-17(2,3)4)12-9-8-11(10-21)14(18)15(12)19/h7-9,21H,6,10H2,1-5H3/b13-7-. The fourth-order valence-electron chi connectivity index (χ4n) is 1.96. The van der Waals surface area contributed by atoms with Crippen molar-refractivity contribution in [1.82, 2.24) is 4.90 Å². The highest BCUT2D eigenvalue weighted by molar-refractivity contribution is 5.82. The Hall–Kier alpha value is -1.95. The van der Waals surface area contributed by atoms with Crippen LogP contribution >= 0.6 is 0 Å². The molecule has 4 nitrogen and oxygen atoms in total. The minimum Gasteiger partial charge on any atom is -0.443 e. The summed E-state index contributed by atoms with van der Waals surface area (Å²) in [5.41, 5.74) is -0.688. The zero-order valence-corrected chi connectivity index (χ0v) is 14.1. The molecule has 1 aromatic rings. The third-order valence-corrected chi connectivity index (χ3v) is 3.03. The minimum atomic E-state index is -1.12. The Morgan fingerprint density at radius 3 is 2.39 bits per heavy atom. The van der Waals surface area contributed by atoms with E-state index in [1.54, 1.807) is 26.8 Å². The van der Waals surface area contributed by atoms with Gasteiger partial charge in [-0.2, -0.15) is 0 Å². The van der Waals surface area contributed by atoms with Gasteiger partial charge in [-0.25, -0.2) is 13.6 Å². The summed E-state index contributed by atoms with van der Waals surface area (Å²) in [6.45, 7) is 6.38. The fourth-order valence-corrected chi connectivity index (χ4v) is 1.96. The number of hydrogen-bond acceptors (Lipinski definition) is 3. The molecule has 1 rings (SSSR count). The molecule has 0 saturated carbocycles. The van der Waals surface area contributed by atoms with Crippen LogP contribution in [0.2, 0.25) is 0 Å². The van der Waals surface area contributed by atoms with E-state index in [0.29, 0.717) is 6.42 Å². The van der Waals surface area contributed by atoms with Gasteiger partial charge in [-0.05, 0) is 33.3 Å². The molecular weight excluding hydrogens is 304 g/mol. The number of amides is 1. The molecule has 0 radical (unpaired) electrons. The van der Waals surface area contributed by atoms with E-state index in [-0.39, 0.29) is 16.8 Å². The SMILES string of the molecule is CC/C=C(/c1ccc(CO)c(F)c1F)N(C)C(=O)OC(C)(C)C. The van der Waals surface area contributed by atoms with Crippen LogP contribution in [0.4, 0.5) is 13.6 Å². The number of halogens is 2. The van der Waals surface area contributed by atoms with Gasteiger partial charge in [-0.3, -0.25) is 4.90 Å². The van der Waals surface area contributed by atoms with E-state index in [9.17, 15) is 13.6 Å². The minimum absolute atomic E-state index is 0.0603. The summed E-state index contributed by atoms with van der Waals surface area (Å²) in [4.78, 5) is 13.3. The Balaban J connectivity index is 3.26. The third kappa shape index (κ3) is 4.76. The van der Waals surface area contributed by atoms with Crippen LogP contribution < -0.4 is 0 Å². The van der Waals surface area contributed by atoms with Crippen LogP contribution in [-0.2, 0) is 11.3 Å². The van der Waals surface area contributed by atoms with Crippen molar-refractivity contribution in [3.8, 4) is 0 Å². The maximum absolute atomic E-state index is 14.3. The second kappa shape index (κ2) is 7.55. The van der Waals surface area contributed by atoms with Crippen LogP contribution in [0.15, 0.2) is 18.2 Å². The fraction of sp³-hybridized carbons (Fsp3) is 0.471. The lowest BCUT2D eigenvalue weighted by Gasteiger charge is -2.26. The van der Waals surface area contributed by atoms with Crippen LogP contribution in [0.5, 0.6) is 0 Å². The van der Waals surface area contributed by atoms with Gasteiger partial charge in [-0.15, -0.1) is 0 Å². The van der Waals surface area contributed by atoms with Gasteiger partial charge < -0.3 is 9.84 Å². The molecule has 1 amide bonds. The first-order valence-electron chi connectivity index (χ1n) is 7.37. The number of hydrogen-bond donors (Lipinski definition) is 1. The second-order valence-corrected chi connectivity index (χ2v) is 6.10. The predicted octanol–water partition coefficient (Wildman–Crippen LogP) is 4.07. The van der Waals surface area contributed by atoms with Crippen LogP contribution in [0, 0.1) is 11.6 Å². The quantitative estimate of drug-likeness (QED) is 0.907. The van der Waals surface area contributed by atoms with Gasteiger partial charge >= 0.3 is 6.09 Å². The van der Waals surface area contributed by atoms with Crippen molar-refractivity contribution in [2.24, 2.45) is 0 Å². The van der Waals surface area contributed by atoms with Crippen LogP contribution in [0.3, 0.4) is 0 Å². The Morgan fingerprint density at radius 2 is 1.91 bits per heavy atom. The average molecular weight is 327 g/mol. The topological polar surface area (TPSA) is 49.8 Å². The highest BCUT2D eigenvalue weighted by Crippen LogP contribution is 2.26. The highest BCUT2D eigenvalue weighted by atomic mass is 19.2. The van der Waals surface area contributed by atoms with E-state index in [0.717, 1.165) is 4.90 Å². The third-order valence-electron chi connectivity index (χ3n) is 3.03. The molecular formula is C17H23F2NO3. The molecule has 0 bridgehead atoms. The molecule has 1 aromatic carbocycles. The van der Waals surface area contributed by atoms with Gasteiger partial charge in [0.1, 0.15) is 5.60 Å².